The molecule has 0 spiro atoms. The molecule has 0 saturated carbocycles. The standard InChI is InChI=1S/C44H29NS/c1-3-11-30(12-4-1)31-21-24-35(25-22-31)45(36-26-23-34-20-19-33-15-7-8-16-37(33)40(34)29-36)41-28-27-38(32-13-5-2-6-14-32)44-43(41)39-17-9-10-18-42(39)46-44/h1-29H. The first-order chi connectivity index (χ1) is 22.8. The van der Waals surface area contributed by atoms with Crippen molar-refractivity contribution >= 4 is 70.1 Å². The zero-order valence-corrected chi connectivity index (χ0v) is 25.9. The Balaban J connectivity index is 1.33. The number of hydrogen-bond donors (Lipinski definition) is 0. The number of nitrogens with zero attached hydrogens (tertiary/aromatic N) is 1. The number of benzene rings is 8. The third-order valence-corrected chi connectivity index (χ3v) is 10.3. The Kier molecular flexibility index (Phi) is 6.40. The fraction of sp³-hybridized carbons (Fsp3) is 0. The maximum Gasteiger partial charge on any atom is 0.0555 e. The highest BCUT2D eigenvalue weighted by atomic mass is 32.1. The summed E-state index contributed by atoms with van der Waals surface area (Å²) in [6.07, 6.45) is 0. The zero-order valence-electron chi connectivity index (χ0n) is 25.1. The van der Waals surface area contributed by atoms with Crippen LogP contribution in [0.15, 0.2) is 176 Å². The minimum absolute atomic E-state index is 1.13. The Bertz CT molecular complexity index is 2510. The van der Waals surface area contributed by atoms with Crippen molar-refractivity contribution in [3.8, 4) is 22.3 Å². The van der Waals surface area contributed by atoms with Crippen molar-refractivity contribution in [2.75, 3.05) is 4.90 Å². The van der Waals surface area contributed by atoms with Gasteiger partial charge in [-0.2, -0.15) is 0 Å². The molecule has 9 aromatic rings. The third kappa shape index (κ3) is 4.46. The van der Waals surface area contributed by atoms with E-state index in [1.165, 1.54) is 69.7 Å². The van der Waals surface area contributed by atoms with E-state index in [0.717, 1.165) is 11.4 Å². The minimum atomic E-state index is 1.13. The molecule has 0 unspecified atom stereocenters. The van der Waals surface area contributed by atoms with Gasteiger partial charge < -0.3 is 4.90 Å². The van der Waals surface area contributed by atoms with Crippen LogP contribution in [0.4, 0.5) is 17.1 Å². The number of rotatable bonds is 5. The van der Waals surface area contributed by atoms with Gasteiger partial charge >= 0.3 is 0 Å². The fourth-order valence-electron chi connectivity index (χ4n) is 6.83. The summed E-state index contributed by atoms with van der Waals surface area (Å²) in [5.41, 5.74) is 8.38. The van der Waals surface area contributed by atoms with Crippen molar-refractivity contribution in [2.45, 2.75) is 0 Å². The van der Waals surface area contributed by atoms with Gasteiger partial charge in [-0.05, 0) is 80.2 Å². The monoisotopic (exact) mass is 603 g/mol. The molecule has 1 aromatic heterocycles. The summed E-state index contributed by atoms with van der Waals surface area (Å²) in [7, 11) is 0. The largest absolute Gasteiger partial charge is 0.310 e. The van der Waals surface area contributed by atoms with Crippen LogP contribution in [0.1, 0.15) is 0 Å². The molecular formula is C44H29NS. The zero-order chi connectivity index (χ0) is 30.5. The summed E-state index contributed by atoms with van der Waals surface area (Å²) in [5, 5.41) is 7.59. The second-order valence-corrected chi connectivity index (χ2v) is 12.8. The van der Waals surface area contributed by atoms with Gasteiger partial charge in [0.15, 0.2) is 0 Å². The van der Waals surface area contributed by atoms with Gasteiger partial charge in [0, 0.05) is 31.5 Å². The molecule has 0 fully saturated rings. The molecule has 1 heterocycles. The topological polar surface area (TPSA) is 3.24 Å². The van der Waals surface area contributed by atoms with Gasteiger partial charge in [0.1, 0.15) is 0 Å². The summed E-state index contributed by atoms with van der Waals surface area (Å²) in [4.78, 5) is 2.45. The molecule has 0 amide bonds. The maximum absolute atomic E-state index is 2.45. The molecular weight excluding hydrogens is 575 g/mol. The van der Waals surface area contributed by atoms with Crippen molar-refractivity contribution in [3.63, 3.8) is 0 Å². The average molecular weight is 604 g/mol. The fourth-order valence-corrected chi connectivity index (χ4v) is 8.09. The summed E-state index contributed by atoms with van der Waals surface area (Å²) in [6.45, 7) is 0. The Morgan fingerprint density at radius 1 is 0.391 bits per heavy atom. The molecule has 0 N–H and O–H groups in total. The van der Waals surface area contributed by atoms with E-state index >= 15 is 0 Å². The molecule has 46 heavy (non-hydrogen) atoms. The van der Waals surface area contributed by atoms with Gasteiger partial charge in [0.05, 0.1) is 5.69 Å². The molecule has 0 bridgehead atoms. The van der Waals surface area contributed by atoms with Crippen LogP contribution < -0.4 is 4.90 Å². The van der Waals surface area contributed by atoms with E-state index in [1.54, 1.807) is 0 Å². The summed E-state index contributed by atoms with van der Waals surface area (Å²) >= 11 is 1.88. The van der Waals surface area contributed by atoms with Crippen LogP contribution in [-0.4, -0.2) is 0 Å². The predicted molar refractivity (Wildman–Crippen MR) is 200 cm³/mol. The quantitative estimate of drug-likeness (QED) is 0.177. The molecule has 8 aromatic carbocycles. The molecule has 0 radical (unpaired) electrons. The normalized spacial score (nSPS) is 11.5. The number of anilines is 3. The Labute approximate surface area is 272 Å². The van der Waals surface area contributed by atoms with Crippen LogP contribution in [0.25, 0.3) is 64.0 Å². The Morgan fingerprint density at radius 3 is 1.76 bits per heavy atom. The van der Waals surface area contributed by atoms with Crippen LogP contribution in [0.5, 0.6) is 0 Å². The molecule has 0 saturated heterocycles. The van der Waals surface area contributed by atoms with Gasteiger partial charge in [-0.15, -0.1) is 11.3 Å². The van der Waals surface area contributed by atoms with Gasteiger partial charge in [-0.3, -0.25) is 0 Å². The number of hydrogen-bond acceptors (Lipinski definition) is 2. The molecule has 0 aliphatic heterocycles. The SMILES string of the molecule is c1ccc(-c2ccc(N(c3ccc4ccc5ccccc5c4c3)c3ccc(-c4ccccc4)c4sc5ccccc5c34)cc2)cc1. The molecule has 0 aliphatic rings. The van der Waals surface area contributed by atoms with E-state index in [9.17, 15) is 0 Å². The lowest BCUT2D eigenvalue weighted by Gasteiger charge is -2.27. The van der Waals surface area contributed by atoms with Gasteiger partial charge in [0.25, 0.3) is 0 Å². The van der Waals surface area contributed by atoms with Crippen LogP contribution in [-0.2, 0) is 0 Å². The highest BCUT2D eigenvalue weighted by Crippen LogP contribution is 2.48. The van der Waals surface area contributed by atoms with Crippen LogP contribution in [0, 0.1) is 0 Å². The highest BCUT2D eigenvalue weighted by molar-refractivity contribution is 7.26. The Morgan fingerprint density at radius 2 is 0.978 bits per heavy atom. The molecule has 0 atom stereocenters. The van der Waals surface area contributed by atoms with Crippen LogP contribution >= 0.6 is 11.3 Å². The molecule has 1 nitrogen and oxygen atoms in total. The van der Waals surface area contributed by atoms with E-state index in [4.69, 9.17) is 0 Å². The highest BCUT2D eigenvalue weighted by Gasteiger charge is 2.21. The molecule has 216 valence electrons. The van der Waals surface area contributed by atoms with Crippen molar-refractivity contribution in [1.82, 2.24) is 0 Å². The molecule has 0 aliphatic carbocycles. The molecule has 2 heteroatoms. The average Bonchev–Trinajstić information content (AvgIpc) is 3.53. The van der Waals surface area contributed by atoms with E-state index in [1.807, 2.05) is 11.3 Å². The smallest absolute Gasteiger partial charge is 0.0555 e. The lowest BCUT2D eigenvalue weighted by molar-refractivity contribution is 1.31. The lowest BCUT2D eigenvalue weighted by atomic mass is 9.98. The second-order valence-electron chi connectivity index (χ2n) is 11.7. The van der Waals surface area contributed by atoms with Crippen molar-refractivity contribution in [3.05, 3.63) is 176 Å². The van der Waals surface area contributed by atoms with Gasteiger partial charge in [-0.1, -0.05) is 140 Å². The molecule has 9 rings (SSSR count). The van der Waals surface area contributed by atoms with E-state index in [0.29, 0.717) is 0 Å². The van der Waals surface area contributed by atoms with Crippen molar-refractivity contribution < 1.29 is 0 Å². The summed E-state index contributed by atoms with van der Waals surface area (Å²) in [5.74, 6) is 0. The lowest BCUT2D eigenvalue weighted by Crippen LogP contribution is -2.10. The Hall–Kier alpha value is -5.70. The van der Waals surface area contributed by atoms with Crippen LogP contribution in [0.3, 0.4) is 0 Å². The van der Waals surface area contributed by atoms with E-state index in [-0.39, 0.29) is 0 Å². The minimum Gasteiger partial charge on any atom is -0.310 e. The van der Waals surface area contributed by atoms with E-state index < -0.39 is 0 Å². The van der Waals surface area contributed by atoms with Gasteiger partial charge in [-0.25, -0.2) is 0 Å². The summed E-state index contributed by atoms with van der Waals surface area (Å²) in [6, 6.07) is 63.9. The first-order valence-corrected chi connectivity index (χ1v) is 16.5. The van der Waals surface area contributed by atoms with Crippen molar-refractivity contribution in [2.24, 2.45) is 0 Å². The first-order valence-electron chi connectivity index (χ1n) is 15.7. The van der Waals surface area contributed by atoms with E-state index in [2.05, 4.69) is 181 Å². The second kappa shape index (κ2) is 11.0. The van der Waals surface area contributed by atoms with Gasteiger partial charge in [0.2, 0.25) is 0 Å². The first kappa shape index (κ1) is 26.7. The number of fused-ring (bicyclic) bond motifs is 6. The van der Waals surface area contributed by atoms with Crippen molar-refractivity contribution in [1.29, 1.82) is 0 Å². The number of thiophene rings is 1. The summed E-state index contributed by atoms with van der Waals surface area (Å²) < 4.78 is 2.60. The third-order valence-electron chi connectivity index (χ3n) is 9.05. The van der Waals surface area contributed by atoms with Crippen LogP contribution in [0.2, 0.25) is 0 Å². The maximum atomic E-state index is 2.45. The predicted octanol–water partition coefficient (Wildman–Crippen LogP) is 13.2.